The van der Waals surface area contributed by atoms with Crippen LogP contribution in [0.25, 0.3) is 11.1 Å². The lowest BCUT2D eigenvalue weighted by Gasteiger charge is -2.14. The molecule has 0 spiro atoms. The highest BCUT2D eigenvalue weighted by Crippen LogP contribution is 2.30. The number of aryl methyl sites for hydroxylation is 2. The number of nitrogen functional groups attached to an aromatic ring is 2. The fourth-order valence-corrected chi connectivity index (χ4v) is 4.07. The third-order valence-electron chi connectivity index (χ3n) is 5.40. The SMILES string of the molecule is Cc1cc(C)cc(COCc2nc(N)nc(N)c2-c2ccc(NCc3ccc(Cl)cc3)cc2)c1. The summed E-state index contributed by atoms with van der Waals surface area (Å²) in [6.07, 6.45) is 0. The van der Waals surface area contributed by atoms with Crippen LogP contribution in [0.4, 0.5) is 17.5 Å². The predicted molar refractivity (Wildman–Crippen MR) is 139 cm³/mol. The first-order valence-corrected chi connectivity index (χ1v) is 11.4. The van der Waals surface area contributed by atoms with Crippen LogP contribution in [0, 0.1) is 13.8 Å². The molecule has 34 heavy (non-hydrogen) atoms. The van der Waals surface area contributed by atoms with E-state index >= 15 is 0 Å². The van der Waals surface area contributed by atoms with Crippen molar-refractivity contribution < 1.29 is 4.74 Å². The summed E-state index contributed by atoms with van der Waals surface area (Å²) in [6.45, 7) is 5.60. The molecular formula is C27H28ClN5O. The number of aromatic nitrogens is 2. The molecule has 6 nitrogen and oxygen atoms in total. The minimum atomic E-state index is 0.132. The van der Waals surface area contributed by atoms with Crippen LogP contribution in [0.5, 0.6) is 0 Å². The fourth-order valence-electron chi connectivity index (χ4n) is 3.94. The van der Waals surface area contributed by atoms with Gasteiger partial charge in [-0.2, -0.15) is 4.98 Å². The van der Waals surface area contributed by atoms with Crippen molar-refractivity contribution in [1.29, 1.82) is 0 Å². The van der Waals surface area contributed by atoms with E-state index in [9.17, 15) is 0 Å². The molecule has 7 heteroatoms. The summed E-state index contributed by atoms with van der Waals surface area (Å²) in [5, 5.41) is 4.14. The van der Waals surface area contributed by atoms with Gasteiger partial charge in [0.2, 0.25) is 5.95 Å². The van der Waals surface area contributed by atoms with E-state index in [2.05, 4.69) is 47.3 Å². The molecule has 0 fully saturated rings. The summed E-state index contributed by atoms with van der Waals surface area (Å²) >= 11 is 5.96. The minimum Gasteiger partial charge on any atom is -0.383 e. The highest BCUT2D eigenvalue weighted by Gasteiger charge is 2.14. The lowest BCUT2D eigenvalue weighted by atomic mass is 10.0. The zero-order valence-corrected chi connectivity index (χ0v) is 20.1. The Bertz CT molecular complexity index is 1250. The Morgan fingerprint density at radius 1 is 0.824 bits per heavy atom. The van der Waals surface area contributed by atoms with Crippen LogP contribution in [0.3, 0.4) is 0 Å². The number of nitrogens with zero attached hydrogens (tertiary/aromatic N) is 2. The molecule has 0 unspecified atom stereocenters. The molecule has 5 N–H and O–H groups in total. The van der Waals surface area contributed by atoms with Crippen LogP contribution in [-0.2, 0) is 24.5 Å². The number of anilines is 3. The quantitative estimate of drug-likeness (QED) is 0.294. The van der Waals surface area contributed by atoms with Crippen molar-refractivity contribution in [3.8, 4) is 11.1 Å². The summed E-state index contributed by atoms with van der Waals surface area (Å²) < 4.78 is 5.98. The third-order valence-corrected chi connectivity index (χ3v) is 5.65. The van der Waals surface area contributed by atoms with E-state index in [0.29, 0.717) is 24.7 Å². The lowest BCUT2D eigenvalue weighted by Crippen LogP contribution is -2.08. The van der Waals surface area contributed by atoms with Gasteiger partial charge in [0.15, 0.2) is 0 Å². The van der Waals surface area contributed by atoms with Gasteiger partial charge in [0.25, 0.3) is 0 Å². The Labute approximate surface area is 205 Å². The Hall–Kier alpha value is -3.61. The Morgan fingerprint density at radius 3 is 2.18 bits per heavy atom. The predicted octanol–water partition coefficient (Wildman–Crippen LogP) is 5.91. The van der Waals surface area contributed by atoms with Gasteiger partial charge in [0, 0.05) is 22.8 Å². The van der Waals surface area contributed by atoms with E-state index in [-0.39, 0.29) is 12.6 Å². The molecule has 3 aromatic carbocycles. The first kappa shape index (κ1) is 23.5. The normalized spacial score (nSPS) is 10.9. The summed E-state index contributed by atoms with van der Waals surface area (Å²) in [4.78, 5) is 8.59. The molecular weight excluding hydrogens is 446 g/mol. The van der Waals surface area contributed by atoms with E-state index in [1.54, 1.807) is 0 Å². The molecule has 4 aromatic rings. The van der Waals surface area contributed by atoms with Gasteiger partial charge in [-0.3, -0.25) is 0 Å². The number of nitrogens with two attached hydrogens (primary N) is 2. The van der Waals surface area contributed by atoms with Crippen LogP contribution in [0.2, 0.25) is 5.02 Å². The number of nitrogens with one attached hydrogen (secondary N) is 1. The Balaban J connectivity index is 1.47. The molecule has 0 radical (unpaired) electrons. The molecule has 1 aromatic heterocycles. The van der Waals surface area contributed by atoms with Crippen LogP contribution in [-0.4, -0.2) is 9.97 Å². The molecule has 0 saturated heterocycles. The number of hydrogen-bond acceptors (Lipinski definition) is 6. The van der Waals surface area contributed by atoms with Gasteiger partial charge in [-0.15, -0.1) is 0 Å². The minimum absolute atomic E-state index is 0.132. The Kier molecular flexibility index (Phi) is 7.30. The molecule has 0 atom stereocenters. The van der Waals surface area contributed by atoms with E-state index < -0.39 is 0 Å². The average molecular weight is 474 g/mol. The first-order chi connectivity index (χ1) is 16.4. The van der Waals surface area contributed by atoms with Crippen LogP contribution < -0.4 is 16.8 Å². The van der Waals surface area contributed by atoms with E-state index in [1.807, 2.05) is 48.5 Å². The maximum Gasteiger partial charge on any atom is 0.222 e. The number of rotatable bonds is 8. The van der Waals surface area contributed by atoms with Crippen molar-refractivity contribution >= 4 is 29.1 Å². The zero-order valence-electron chi connectivity index (χ0n) is 19.3. The standard InChI is InChI=1S/C27H28ClN5O/c1-17-11-18(2)13-20(12-17)15-34-16-24-25(26(29)33-27(30)32-24)21-5-9-23(10-6-21)31-14-19-3-7-22(28)8-4-19/h3-13,31H,14-16H2,1-2H3,(H4,29,30,32,33). The van der Waals surface area contributed by atoms with Gasteiger partial charge >= 0.3 is 0 Å². The van der Waals surface area contributed by atoms with Gasteiger partial charge in [-0.25, -0.2) is 4.98 Å². The number of hydrogen-bond donors (Lipinski definition) is 3. The molecule has 0 bridgehead atoms. The Morgan fingerprint density at radius 2 is 1.50 bits per heavy atom. The van der Waals surface area contributed by atoms with Crippen molar-refractivity contribution in [3.05, 3.63) is 99.7 Å². The van der Waals surface area contributed by atoms with Crippen molar-refractivity contribution in [2.24, 2.45) is 0 Å². The monoisotopic (exact) mass is 473 g/mol. The summed E-state index contributed by atoms with van der Waals surface area (Å²) in [6, 6.07) is 22.1. The van der Waals surface area contributed by atoms with Crippen molar-refractivity contribution in [1.82, 2.24) is 9.97 Å². The second-order valence-corrected chi connectivity index (χ2v) is 8.77. The second-order valence-electron chi connectivity index (χ2n) is 8.33. The topological polar surface area (TPSA) is 99.1 Å². The molecule has 0 aliphatic carbocycles. The summed E-state index contributed by atoms with van der Waals surface area (Å²) in [5.74, 6) is 0.465. The summed E-state index contributed by atoms with van der Waals surface area (Å²) in [5.41, 5.74) is 20.1. The zero-order chi connectivity index (χ0) is 24.1. The molecule has 4 rings (SSSR count). The number of benzene rings is 3. The summed E-state index contributed by atoms with van der Waals surface area (Å²) in [7, 11) is 0. The van der Waals surface area contributed by atoms with Crippen molar-refractivity contribution in [3.63, 3.8) is 0 Å². The molecule has 174 valence electrons. The molecule has 1 heterocycles. The van der Waals surface area contributed by atoms with Crippen LogP contribution in [0.1, 0.15) is 27.9 Å². The van der Waals surface area contributed by atoms with Gasteiger partial charge in [-0.05, 0) is 54.8 Å². The van der Waals surface area contributed by atoms with E-state index in [4.69, 9.17) is 27.8 Å². The lowest BCUT2D eigenvalue weighted by molar-refractivity contribution is 0.105. The van der Waals surface area contributed by atoms with Crippen molar-refractivity contribution in [2.45, 2.75) is 33.6 Å². The average Bonchev–Trinajstić information content (AvgIpc) is 2.78. The highest BCUT2D eigenvalue weighted by atomic mass is 35.5. The van der Waals surface area contributed by atoms with Crippen LogP contribution >= 0.6 is 11.6 Å². The second kappa shape index (κ2) is 10.5. The maximum atomic E-state index is 6.25. The molecule has 0 amide bonds. The fraction of sp³-hybridized carbons (Fsp3) is 0.185. The van der Waals surface area contributed by atoms with Gasteiger partial charge in [0.1, 0.15) is 5.82 Å². The van der Waals surface area contributed by atoms with E-state index in [1.165, 1.54) is 11.1 Å². The first-order valence-electron chi connectivity index (χ1n) is 11.0. The third kappa shape index (κ3) is 6.04. The molecule has 0 aliphatic heterocycles. The van der Waals surface area contributed by atoms with Crippen LogP contribution in [0.15, 0.2) is 66.7 Å². The van der Waals surface area contributed by atoms with Gasteiger partial charge in [0.05, 0.1) is 18.9 Å². The largest absolute Gasteiger partial charge is 0.383 e. The molecule has 0 saturated carbocycles. The van der Waals surface area contributed by atoms with Gasteiger partial charge < -0.3 is 21.5 Å². The highest BCUT2D eigenvalue weighted by molar-refractivity contribution is 6.30. The van der Waals surface area contributed by atoms with Crippen molar-refractivity contribution in [2.75, 3.05) is 16.8 Å². The smallest absolute Gasteiger partial charge is 0.222 e. The maximum absolute atomic E-state index is 6.25. The number of ether oxygens (including phenoxy) is 1. The van der Waals surface area contributed by atoms with Gasteiger partial charge in [-0.1, -0.05) is 65.2 Å². The van der Waals surface area contributed by atoms with E-state index in [0.717, 1.165) is 33.0 Å². The molecule has 0 aliphatic rings. The number of halogens is 1.